The molecule has 0 aliphatic heterocycles. The second-order valence-corrected chi connectivity index (χ2v) is 8.50. The van der Waals surface area contributed by atoms with Crippen molar-refractivity contribution in [3.63, 3.8) is 0 Å². The Bertz CT molecular complexity index is 571. The van der Waals surface area contributed by atoms with Gasteiger partial charge in [-0.25, -0.2) is 0 Å². The normalized spacial score (nSPS) is 28.5. The van der Waals surface area contributed by atoms with Crippen LogP contribution in [0.5, 0.6) is 5.75 Å². The highest BCUT2D eigenvalue weighted by atomic mass is 16.5. The van der Waals surface area contributed by atoms with Crippen LogP contribution < -0.4 is 4.74 Å². The summed E-state index contributed by atoms with van der Waals surface area (Å²) in [4.78, 5) is 0. The van der Waals surface area contributed by atoms with Gasteiger partial charge in [-0.1, -0.05) is 38.3 Å². The van der Waals surface area contributed by atoms with Crippen LogP contribution >= 0.6 is 0 Å². The van der Waals surface area contributed by atoms with Crippen molar-refractivity contribution in [3.05, 3.63) is 29.3 Å². The van der Waals surface area contributed by atoms with E-state index in [9.17, 15) is 10.2 Å². The fraction of sp³-hybridized carbons (Fsp3) is 0.739. The molecule has 1 aromatic carbocycles. The number of aliphatic hydroxyl groups is 2. The molecule has 0 unspecified atom stereocenters. The van der Waals surface area contributed by atoms with Crippen LogP contribution in [-0.2, 0) is 12.8 Å². The summed E-state index contributed by atoms with van der Waals surface area (Å²) in [6.45, 7) is 2.49. The summed E-state index contributed by atoms with van der Waals surface area (Å²) in [6, 6.07) is 6.42. The summed E-state index contributed by atoms with van der Waals surface area (Å²) in [5.74, 6) is 3.27. The zero-order valence-electron chi connectivity index (χ0n) is 16.5. The fourth-order valence-electron chi connectivity index (χ4n) is 5.55. The van der Waals surface area contributed by atoms with E-state index < -0.39 is 0 Å². The lowest BCUT2D eigenvalue weighted by molar-refractivity contribution is 0.116. The molecule has 1 aromatic rings. The minimum Gasteiger partial charge on any atom is -0.496 e. The van der Waals surface area contributed by atoms with Gasteiger partial charge in [-0.3, -0.25) is 0 Å². The van der Waals surface area contributed by atoms with E-state index in [4.69, 9.17) is 4.74 Å². The van der Waals surface area contributed by atoms with Crippen molar-refractivity contribution in [2.75, 3.05) is 13.7 Å². The number of hydrogen-bond acceptors (Lipinski definition) is 3. The molecule has 3 nitrogen and oxygen atoms in total. The van der Waals surface area contributed by atoms with Crippen molar-refractivity contribution in [2.45, 2.75) is 70.8 Å². The maximum absolute atomic E-state index is 10.3. The van der Waals surface area contributed by atoms with Gasteiger partial charge in [0.2, 0.25) is 0 Å². The highest BCUT2D eigenvalue weighted by Crippen LogP contribution is 2.50. The van der Waals surface area contributed by atoms with Crippen molar-refractivity contribution in [1.29, 1.82) is 0 Å². The average molecular weight is 361 g/mol. The van der Waals surface area contributed by atoms with Crippen LogP contribution in [0.3, 0.4) is 0 Å². The molecule has 1 fully saturated rings. The maximum Gasteiger partial charge on any atom is 0.122 e. The van der Waals surface area contributed by atoms with Gasteiger partial charge in [-0.2, -0.15) is 0 Å². The molecule has 0 bridgehead atoms. The molecule has 5 atom stereocenters. The largest absolute Gasteiger partial charge is 0.496 e. The summed E-state index contributed by atoms with van der Waals surface area (Å²) in [5, 5.41) is 20.3. The zero-order valence-corrected chi connectivity index (χ0v) is 16.5. The number of rotatable bonds is 9. The topological polar surface area (TPSA) is 49.7 Å². The van der Waals surface area contributed by atoms with Crippen molar-refractivity contribution in [1.82, 2.24) is 0 Å². The lowest BCUT2D eigenvalue weighted by Gasteiger charge is -2.33. The van der Waals surface area contributed by atoms with E-state index >= 15 is 0 Å². The standard InChI is InChI=1S/C23H36O3/c1-3-4-5-8-19(25)10-11-20-18(15-24)12-17-14-22-16(13-21(17)20)7-6-9-23(22)26-2/h6-7,9,17-21,24-25H,3-5,8,10-15H2,1-2H3/t17-,18+,19+,20+,21+/m1/s1. The van der Waals surface area contributed by atoms with Gasteiger partial charge < -0.3 is 14.9 Å². The third kappa shape index (κ3) is 4.26. The molecule has 26 heavy (non-hydrogen) atoms. The fourth-order valence-corrected chi connectivity index (χ4v) is 5.55. The number of methoxy groups -OCH3 is 1. The van der Waals surface area contributed by atoms with Gasteiger partial charge in [0.25, 0.3) is 0 Å². The summed E-state index contributed by atoms with van der Waals surface area (Å²) in [6.07, 6.45) is 9.55. The Morgan fingerprint density at radius 3 is 2.77 bits per heavy atom. The minimum atomic E-state index is -0.170. The van der Waals surface area contributed by atoms with Gasteiger partial charge in [0, 0.05) is 6.61 Å². The van der Waals surface area contributed by atoms with Crippen LogP contribution in [0.25, 0.3) is 0 Å². The Hall–Kier alpha value is -1.06. The molecule has 0 aromatic heterocycles. The molecule has 146 valence electrons. The Balaban J connectivity index is 1.65. The Kier molecular flexibility index (Phi) is 6.99. The number of hydrogen-bond donors (Lipinski definition) is 2. The molecule has 3 rings (SSSR count). The van der Waals surface area contributed by atoms with Crippen LogP contribution in [0, 0.1) is 23.7 Å². The molecule has 3 heteroatoms. The number of ether oxygens (including phenoxy) is 1. The number of fused-ring (bicyclic) bond motifs is 2. The van der Waals surface area contributed by atoms with Crippen LogP contribution in [0.1, 0.15) is 63.0 Å². The van der Waals surface area contributed by atoms with E-state index in [1.165, 1.54) is 24.0 Å². The number of unbranched alkanes of at least 4 members (excludes halogenated alkanes) is 2. The molecular formula is C23H36O3. The third-order valence-electron chi connectivity index (χ3n) is 6.95. The van der Waals surface area contributed by atoms with Crippen molar-refractivity contribution >= 4 is 0 Å². The first-order chi connectivity index (χ1) is 12.7. The van der Waals surface area contributed by atoms with Crippen molar-refractivity contribution in [3.8, 4) is 5.75 Å². The lowest BCUT2D eigenvalue weighted by atomic mass is 9.73. The molecule has 2 N–H and O–H groups in total. The lowest BCUT2D eigenvalue weighted by Crippen LogP contribution is -2.27. The highest BCUT2D eigenvalue weighted by Gasteiger charge is 2.45. The van der Waals surface area contributed by atoms with Crippen LogP contribution in [0.2, 0.25) is 0 Å². The smallest absolute Gasteiger partial charge is 0.122 e. The average Bonchev–Trinajstić information content (AvgIpc) is 3.00. The van der Waals surface area contributed by atoms with Gasteiger partial charge in [-0.15, -0.1) is 0 Å². The van der Waals surface area contributed by atoms with E-state index in [0.29, 0.717) is 23.7 Å². The van der Waals surface area contributed by atoms with E-state index in [-0.39, 0.29) is 12.7 Å². The predicted molar refractivity (Wildman–Crippen MR) is 105 cm³/mol. The Morgan fingerprint density at radius 2 is 2.04 bits per heavy atom. The Morgan fingerprint density at radius 1 is 1.19 bits per heavy atom. The Labute approximate surface area is 158 Å². The van der Waals surface area contributed by atoms with Gasteiger partial charge >= 0.3 is 0 Å². The molecule has 0 heterocycles. The minimum absolute atomic E-state index is 0.170. The summed E-state index contributed by atoms with van der Waals surface area (Å²) >= 11 is 0. The zero-order chi connectivity index (χ0) is 18.5. The number of benzene rings is 1. The van der Waals surface area contributed by atoms with E-state index in [1.807, 2.05) is 0 Å². The maximum atomic E-state index is 10.3. The first kappa shape index (κ1) is 19.7. The summed E-state index contributed by atoms with van der Waals surface area (Å²) in [7, 11) is 1.76. The highest BCUT2D eigenvalue weighted by molar-refractivity contribution is 5.42. The van der Waals surface area contributed by atoms with E-state index in [2.05, 4.69) is 25.1 Å². The van der Waals surface area contributed by atoms with E-state index in [1.54, 1.807) is 7.11 Å². The van der Waals surface area contributed by atoms with Gasteiger partial charge in [0.15, 0.2) is 0 Å². The van der Waals surface area contributed by atoms with Crippen LogP contribution in [-0.4, -0.2) is 30.0 Å². The van der Waals surface area contributed by atoms with Gasteiger partial charge in [-0.05, 0) is 79.4 Å². The molecule has 2 aliphatic carbocycles. The number of aliphatic hydroxyl groups excluding tert-OH is 2. The predicted octanol–water partition coefficient (Wildman–Crippen LogP) is 4.38. The van der Waals surface area contributed by atoms with Gasteiger partial charge in [0.1, 0.15) is 5.75 Å². The van der Waals surface area contributed by atoms with Crippen molar-refractivity contribution < 1.29 is 14.9 Å². The van der Waals surface area contributed by atoms with E-state index in [0.717, 1.165) is 50.7 Å². The molecular weight excluding hydrogens is 324 g/mol. The molecule has 1 saturated carbocycles. The molecule has 0 spiro atoms. The summed E-state index contributed by atoms with van der Waals surface area (Å²) < 4.78 is 5.58. The van der Waals surface area contributed by atoms with Crippen LogP contribution in [0.4, 0.5) is 0 Å². The second-order valence-electron chi connectivity index (χ2n) is 8.50. The van der Waals surface area contributed by atoms with Gasteiger partial charge in [0.05, 0.1) is 13.2 Å². The van der Waals surface area contributed by atoms with Crippen LogP contribution in [0.15, 0.2) is 18.2 Å². The first-order valence-corrected chi connectivity index (χ1v) is 10.6. The molecule has 0 saturated heterocycles. The second kappa shape index (κ2) is 9.23. The molecule has 0 amide bonds. The monoisotopic (exact) mass is 360 g/mol. The van der Waals surface area contributed by atoms with Crippen molar-refractivity contribution in [2.24, 2.45) is 23.7 Å². The quantitative estimate of drug-likeness (QED) is 0.643. The molecule has 2 aliphatic rings. The molecule has 0 radical (unpaired) electrons. The summed E-state index contributed by atoms with van der Waals surface area (Å²) in [5.41, 5.74) is 2.81. The third-order valence-corrected chi connectivity index (χ3v) is 6.95. The first-order valence-electron chi connectivity index (χ1n) is 10.6. The SMILES string of the molecule is CCCCC[C@H](O)CC[C@H]1[C@H](CO)C[C@@H]2Cc3c(cccc3OC)C[C@@H]21.